The number of benzene rings is 1. The van der Waals surface area contributed by atoms with Crippen molar-refractivity contribution in [3.63, 3.8) is 0 Å². The highest BCUT2D eigenvalue weighted by Crippen LogP contribution is 2.31. The van der Waals surface area contributed by atoms with Gasteiger partial charge in [0.1, 0.15) is 0 Å². The van der Waals surface area contributed by atoms with Crippen molar-refractivity contribution >= 4 is 18.3 Å². The molecule has 0 saturated heterocycles. The third-order valence-electron chi connectivity index (χ3n) is 4.60. The van der Waals surface area contributed by atoms with Crippen molar-refractivity contribution in [1.82, 2.24) is 15.1 Å². The molecule has 1 aromatic carbocycles. The maximum atomic E-state index is 12.6. The molecule has 1 amide bonds. The summed E-state index contributed by atoms with van der Waals surface area (Å²) in [7, 11) is 0. The van der Waals surface area contributed by atoms with Crippen LogP contribution < -0.4 is 11.1 Å². The van der Waals surface area contributed by atoms with Crippen LogP contribution in [0.2, 0.25) is 0 Å². The molecule has 0 spiro atoms. The predicted octanol–water partition coefficient (Wildman–Crippen LogP) is 3.19. The van der Waals surface area contributed by atoms with Gasteiger partial charge in [-0.3, -0.25) is 4.79 Å². The number of nitrogens with zero attached hydrogens (tertiary/aromatic N) is 2. The first-order chi connectivity index (χ1) is 11.5. The maximum absolute atomic E-state index is 12.6. The molecule has 1 aliphatic carbocycles. The smallest absolute Gasteiger partial charge is 0.254 e. The second-order valence-corrected chi connectivity index (χ2v) is 7.06. The van der Waals surface area contributed by atoms with Crippen LogP contribution in [0, 0.1) is 12.8 Å². The number of carbonyl (C=O) groups excluding carboxylic acids is 1. The summed E-state index contributed by atoms with van der Waals surface area (Å²) in [5, 5.41) is 7.43. The zero-order valence-electron chi connectivity index (χ0n) is 15.0. The quantitative estimate of drug-likeness (QED) is 0.828. The van der Waals surface area contributed by atoms with Crippen LogP contribution in [0.25, 0.3) is 5.69 Å². The van der Waals surface area contributed by atoms with Crippen LogP contribution in [0.5, 0.6) is 0 Å². The summed E-state index contributed by atoms with van der Waals surface area (Å²) >= 11 is 0. The summed E-state index contributed by atoms with van der Waals surface area (Å²) < 4.78 is 1.86. The molecule has 6 heteroatoms. The first kappa shape index (κ1) is 19.5. The molecular formula is C19H27ClN4O. The summed E-state index contributed by atoms with van der Waals surface area (Å²) in [5.74, 6) is 0.671. The van der Waals surface area contributed by atoms with Crippen LogP contribution in [0.15, 0.2) is 30.5 Å². The van der Waals surface area contributed by atoms with Gasteiger partial charge in [-0.1, -0.05) is 31.5 Å². The fraction of sp³-hybridized carbons (Fsp3) is 0.474. The van der Waals surface area contributed by atoms with E-state index in [4.69, 9.17) is 5.73 Å². The van der Waals surface area contributed by atoms with E-state index in [0.717, 1.165) is 11.4 Å². The van der Waals surface area contributed by atoms with E-state index in [1.807, 2.05) is 16.8 Å². The second-order valence-electron chi connectivity index (χ2n) is 7.06. The Hall–Kier alpha value is -1.85. The minimum absolute atomic E-state index is 0. The largest absolute Gasteiger partial charge is 0.350 e. The molecule has 5 nitrogen and oxygen atoms in total. The molecule has 136 valence electrons. The third-order valence-corrected chi connectivity index (χ3v) is 4.60. The van der Waals surface area contributed by atoms with Gasteiger partial charge >= 0.3 is 0 Å². The summed E-state index contributed by atoms with van der Waals surface area (Å²) in [6, 6.07) is 8.21. The van der Waals surface area contributed by atoms with Crippen LogP contribution >= 0.6 is 12.4 Å². The Bertz CT molecular complexity index is 720. The van der Waals surface area contributed by atoms with E-state index in [1.54, 1.807) is 6.20 Å². The minimum Gasteiger partial charge on any atom is -0.350 e. The Morgan fingerprint density at radius 2 is 1.96 bits per heavy atom. The third kappa shape index (κ3) is 4.41. The van der Waals surface area contributed by atoms with Crippen molar-refractivity contribution in [1.29, 1.82) is 0 Å². The average Bonchev–Trinajstić information content (AvgIpc) is 3.31. The van der Waals surface area contributed by atoms with Gasteiger partial charge in [0.15, 0.2) is 0 Å². The molecule has 1 unspecified atom stereocenters. The van der Waals surface area contributed by atoms with Gasteiger partial charge in [-0.05, 0) is 43.7 Å². The van der Waals surface area contributed by atoms with Gasteiger partial charge < -0.3 is 11.1 Å². The first-order valence-corrected chi connectivity index (χ1v) is 8.66. The molecule has 1 atom stereocenters. The van der Waals surface area contributed by atoms with Crippen molar-refractivity contribution in [3.8, 4) is 5.69 Å². The van der Waals surface area contributed by atoms with Crippen molar-refractivity contribution in [2.75, 3.05) is 6.54 Å². The molecule has 3 rings (SSSR count). The van der Waals surface area contributed by atoms with Crippen molar-refractivity contribution in [2.24, 2.45) is 11.7 Å². The number of aryl methyl sites for hydroxylation is 1. The SMILES string of the molecule is Cc1ccc(-n2ncc(C(=O)NCC(N)C3CC3)c2C(C)C)cc1.Cl. The molecule has 1 saturated carbocycles. The van der Waals surface area contributed by atoms with Crippen LogP contribution in [-0.2, 0) is 0 Å². The molecule has 1 fully saturated rings. The molecule has 1 aromatic heterocycles. The predicted molar refractivity (Wildman–Crippen MR) is 103 cm³/mol. The van der Waals surface area contributed by atoms with Crippen molar-refractivity contribution in [2.45, 2.75) is 45.6 Å². The molecule has 0 bridgehead atoms. The molecule has 3 N–H and O–H groups in total. The topological polar surface area (TPSA) is 72.9 Å². The Balaban J connectivity index is 0.00000225. The number of nitrogens with one attached hydrogen (secondary N) is 1. The maximum Gasteiger partial charge on any atom is 0.254 e. The lowest BCUT2D eigenvalue weighted by Gasteiger charge is -2.14. The van der Waals surface area contributed by atoms with Crippen LogP contribution in [0.3, 0.4) is 0 Å². The summed E-state index contributed by atoms with van der Waals surface area (Å²) in [4.78, 5) is 12.6. The van der Waals surface area contributed by atoms with Gasteiger partial charge in [0.05, 0.1) is 23.1 Å². The molecule has 25 heavy (non-hydrogen) atoms. The second kappa shape index (κ2) is 8.02. The fourth-order valence-electron chi connectivity index (χ4n) is 2.98. The van der Waals surface area contributed by atoms with Crippen molar-refractivity contribution in [3.05, 3.63) is 47.3 Å². The molecule has 1 aliphatic rings. The first-order valence-electron chi connectivity index (χ1n) is 8.66. The minimum atomic E-state index is -0.0897. The number of hydrogen-bond acceptors (Lipinski definition) is 3. The lowest BCUT2D eigenvalue weighted by Crippen LogP contribution is -2.38. The Morgan fingerprint density at radius 1 is 1.32 bits per heavy atom. The van der Waals surface area contributed by atoms with Gasteiger partial charge in [-0.15, -0.1) is 12.4 Å². The van der Waals surface area contributed by atoms with E-state index < -0.39 is 0 Å². The van der Waals surface area contributed by atoms with Crippen LogP contribution in [-0.4, -0.2) is 28.3 Å². The zero-order valence-corrected chi connectivity index (χ0v) is 15.8. The van der Waals surface area contributed by atoms with Gasteiger partial charge in [0.25, 0.3) is 5.91 Å². The number of halogens is 1. The molecule has 0 aliphatic heterocycles. The number of amides is 1. The number of rotatable bonds is 6. The molecule has 1 heterocycles. The van der Waals surface area contributed by atoms with Gasteiger partial charge in [0, 0.05) is 12.6 Å². The van der Waals surface area contributed by atoms with E-state index in [0.29, 0.717) is 18.0 Å². The van der Waals surface area contributed by atoms with E-state index in [2.05, 4.69) is 43.3 Å². The monoisotopic (exact) mass is 362 g/mol. The average molecular weight is 363 g/mol. The van der Waals surface area contributed by atoms with Gasteiger partial charge in [-0.2, -0.15) is 5.10 Å². The van der Waals surface area contributed by atoms with Crippen LogP contribution in [0.4, 0.5) is 0 Å². The fourth-order valence-corrected chi connectivity index (χ4v) is 2.98. The standard InChI is InChI=1S/C19H26N4O.ClH/c1-12(2)18-16(19(24)21-11-17(20)14-6-7-14)10-22-23(18)15-8-4-13(3)5-9-15;/h4-5,8-10,12,14,17H,6-7,11,20H2,1-3H3,(H,21,24);1H. The number of hydrogen-bond donors (Lipinski definition) is 2. The van der Waals surface area contributed by atoms with E-state index in [1.165, 1.54) is 18.4 Å². The molecular weight excluding hydrogens is 336 g/mol. The Morgan fingerprint density at radius 3 is 2.52 bits per heavy atom. The number of carbonyl (C=O) groups is 1. The Labute approximate surface area is 155 Å². The summed E-state index contributed by atoms with van der Waals surface area (Å²) in [5.41, 5.74) is 9.81. The van der Waals surface area contributed by atoms with E-state index in [9.17, 15) is 4.79 Å². The normalized spacial score (nSPS) is 14.9. The zero-order chi connectivity index (χ0) is 17.3. The van der Waals surface area contributed by atoms with E-state index in [-0.39, 0.29) is 30.3 Å². The van der Waals surface area contributed by atoms with Gasteiger partial charge in [0.2, 0.25) is 0 Å². The summed E-state index contributed by atoms with van der Waals surface area (Å²) in [6.07, 6.45) is 4.02. The van der Waals surface area contributed by atoms with Crippen molar-refractivity contribution < 1.29 is 4.79 Å². The lowest BCUT2D eigenvalue weighted by molar-refractivity contribution is 0.0949. The number of nitrogens with two attached hydrogens (primary N) is 1. The highest BCUT2D eigenvalue weighted by Gasteiger charge is 2.29. The van der Waals surface area contributed by atoms with Gasteiger partial charge in [-0.25, -0.2) is 4.68 Å². The van der Waals surface area contributed by atoms with E-state index >= 15 is 0 Å². The highest BCUT2D eigenvalue weighted by atomic mass is 35.5. The summed E-state index contributed by atoms with van der Waals surface area (Å²) in [6.45, 7) is 6.73. The number of aromatic nitrogens is 2. The van der Waals surface area contributed by atoms with Crippen LogP contribution in [0.1, 0.15) is 54.2 Å². The highest BCUT2D eigenvalue weighted by molar-refractivity contribution is 5.95. The Kier molecular flexibility index (Phi) is 6.25. The molecule has 0 radical (unpaired) electrons. The lowest BCUT2D eigenvalue weighted by atomic mass is 10.0. The molecule has 2 aromatic rings.